The Morgan fingerprint density at radius 1 is 1.06 bits per heavy atom. The molecule has 2 aromatic heterocycles. The van der Waals surface area contributed by atoms with Gasteiger partial charge in [0.1, 0.15) is 0 Å². The molecule has 0 radical (unpaired) electrons. The van der Waals surface area contributed by atoms with Crippen LogP contribution < -0.4 is 0 Å². The molecule has 0 bridgehead atoms. The van der Waals surface area contributed by atoms with Crippen LogP contribution in [0.2, 0.25) is 0 Å². The molecular weight excluding hydrogens is 448 g/mol. The molecule has 1 fully saturated rings. The number of sulfone groups is 1. The predicted octanol–water partition coefficient (Wildman–Crippen LogP) is 3.47. The topological polar surface area (TPSA) is 87.8 Å². The first kappa shape index (κ1) is 22.7. The number of aliphatic hydroxyl groups is 1. The number of fused-ring (bicyclic) bond motifs is 1. The van der Waals surface area contributed by atoms with E-state index >= 15 is 0 Å². The molecule has 0 aliphatic carbocycles. The number of hydrogen-bond donors (Lipinski definition) is 1. The van der Waals surface area contributed by atoms with E-state index in [0.717, 1.165) is 61.2 Å². The largest absolute Gasteiger partial charge is 0.392 e. The number of piperidine rings is 1. The first-order chi connectivity index (χ1) is 16.4. The number of aliphatic hydroxyl groups excluding tert-OH is 1. The van der Waals surface area contributed by atoms with Gasteiger partial charge >= 0.3 is 0 Å². The molecule has 1 aliphatic heterocycles. The first-order valence-corrected chi connectivity index (χ1v) is 13.4. The van der Waals surface area contributed by atoms with E-state index in [1.54, 1.807) is 28.9 Å². The minimum Gasteiger partial charge on any atom is -0.392 e. The van der Waals surface area contributed by atoms with Gasteiger partial charge in [-0.3, -0.25) is 0 Å². The predicted molar refractivity (Wildman–Crippen MR) is 132 cm³/mol. The van der Waals surface area contributed by atoms with Crippen LogP contribution in [0.25, 0.3) is 27.9 Å². The summed E-state index contributed by atoms with van der Waals surface area (Å²) in [6.45, 7) is 2.79. The Kier molecular flexibility index (Phi) is 6.20. The van der Waals surface area contributed by atoms with Gasteiger partial charge in [-0.2, -0.15) is 5.10 Å². The van der Waals surface area contributed by atoms with Crippen molar-refractivity contribution in [2.24, 2.45) is 0 Å². The molecule has 0 saturated carbocycles. The van der Waals surface area contributed by atoms with Crippen LogP contribution >= 0.6 is 0 Å². The minimum absolute atomic E-state index is 0.190. The number of β-amino-alcohol motifs (C(OH)–C–C–N with tert-alkyl or cyclic N) is 1. The number of hydrogen-bond acceptors (Lipinski definition) is 6. The van der Waals surface area contributed by atoms with Crippen LogP contribution in [0.3, 0.4) is 0 Å². The highest BCUT2D eigenvalue weighted by molar-refractivity contribution is 7.90. The molecule has 7 nitrogen and oxygen atoms in total. The SMILES string of the molecule is CS(=O)(=O)c1cccc(-c2cnn3cc(-c4ccc(CCN5CCCC(O)C5)cc4)cnc23)c1. The standard InChI is InChI=1S/C26H28N4O3S/c1-34(32,33)24-6-2-4-21(14-24)25-16-28-30-17-22(15-27-26(25)30)20-9-7-19(8-10-20)11-13-29-12-3-5-23(31)18-29/h2,4,6-10,14-17,23,31H,3,5,11-13,18H2,1H3. The van der Waals surface area contributed by atoms with E-state index in [1.807, 2.05) is 18.5 Å². The zero-order valence-corrected chi connectivity index (χ0v) is 19.9. The Labute approximate surface area is 199 Å². The summed E-state index contributed by atoms with van der Waals surface area (Å²) < 4.78 is 25.6. The number of benzene rings is 2. The zero-order chi connectivity index (χ0) is 23.7. The van der Waals surface area contributed by atoms with Gasteiger partial charge < -0.3 is 10.0 Å². The molecule has 34 heavy (non-hydrogen) atoms. The number of aromatic nitrogens is 3. The Morgan fingerprint density at radius 3 is 2.65 bits per heavy atom. The third kappa shape index (κ3) is 4.89. The average molecular weight is 477 g/mol. The van der Waals surface area contributed by atoms with Crippen molar-refractivity contribution in [3.63, 3.8) is 0 Å². The third-order valence-electron chi connectivity index (χ3n) is 6.41. The maximum atomic E-state index is 11.9. The fourth-order valence-electron chi connectivity index (χ4n) is 4.51. The normalized spacial score (nSPS) is 17.3. The van der Waals surface area contributed by atoms with Crippen molar-refractivity contribution >= 4 is 15.5 Å². The lowest BCUT2D eigenvalue weighted by atomic mass is 10.0. The van der Waals surface area contributed by atoms with E-state index in [2.05, 4.69) is 39.2 Å². The lowest BCUT2D eigenvalue weighted by Crippen LogP contribution is -2.39. The van der Waals surface area contributed by atoms with Crippen molar-refractivity contribution in [3.05, 3.63) is 72.7 Å². The highest BCUT2D eigenvalue weighted by atomic mass is 32.2. The van der Waals surface area contributed by atoms with Crippen molar-refractivity contribution in [2.75, 3.05) is 25.9 Å². The summed E-state index contributed by atoms with van der Waals surface area (Å²) in [4.78, 5) is 7.24. The lowest BCUT2D eigenvalue weighted by molar-refractivity contribution is 0.0714. The van der Waals surface area contributed by atoms with Crippen molar-refractivity contribution in [3.8, 4) is 22.3 Å². The molecule has 1 N–H and O–H groups in total. The summed E-state index contributed by atoms with van der Waals surface area (Å²) in [5.74, 6) is 0. The molecule has 1 atom stereocenters. The molecule has 0 spiro atoms. The van der Waals surface area contributed by atoms with Gasteiger partial charge in [-0.05, 0) is 54.6 Å². The van der Waals surface area contributed by atoms with E-state index in [4.69, 9.17) is 0 Å². The van der Waals surface area contributed by atoms with E-state index in [0.29, 0.717) is 5.65 Å². The summed E-state index contributed by atoms with van der Waals surface area (Å²) in [5.41, 5.74) is 5.51. The molecule has 3 heterocycles. The second-order valence-electron chi connectivity index (χ2n) is 9.01. The van der Waals surface area contributed by atoms with Crippen LogP contribution in [-0.4, -0.2) is 65.0 Å². The molecule has 5 rings (SSSR count). The van der Waals surface area contributed by atoms with Gasteiger partial charge in [0.15, 0.2) is 15.5 Å². The monoisotopic (exact) mass is 476 g/mol. The Hall–Kier alpha value is -3.07. The molecule has 0 amide bonds. The van der Waals surface area contributed by atoms with Crippen molar-refractivity contribution in [2.45, 2.75) is 30.3 Å². The van der Waals surface area contributed by atoms with Gasteiger partial charge in [-0.25, -0.2) is 17.9 Å². The molecule has 1 saturated heterocycles. The van der Waals surface area contributed by atoms with Crippen molar-refractivity contribution < 1.29 is 13.5 Å². The molecule has 8 heteroatoms. The van der Waals surface area contributed by atoms with Crippen LogP contribution in [0.15, 0.2) is 72.0 Å². The summed E-state index contributed by atoms with van der Waals surface area (Å²) in [5, 5.41) is 14.3. The van der Waals surface area contributed by atoms with Gasteiger partial charge in [0, 0.05) is 42.9 Å². The fraction of sp³-hybridized carbons (Fsp3) is 0.308. The van der Waals surface area contributed by atoms with Crippen LogP contribution in [0.4, 0.5) is 0 Å². The summed E-state index contributed by atoms with van der Waals surface area (Å²) in [6.07, 6.45) is 9.43. The van der Waals surface area contributed by atoms with Crippen molar-refractivity contribution in [1.82, 2.24) is 19.5 Å². The van der Waals surface area contributed by atoms with E-state index in [9.17, 15) is 13.5 Å². The maximum absolute atomic E-state index is 11.9. The number of likely N-dealkylation sites (tertiary alicyclic amines) is 1. The van der Waals surface area contributed by atoms with Gasteiger partial charge in [-0.15, -0.1) is 0 Å². The molecular formula is C26H28N4O3S. The number of rotatable bonds is 6. The second kappa shape index (κ2) is 9.29. The number of nitrogens with zero attached hydrogens (tertiary/aromatic N) is 4. The first-order valence-electron chi connectivity index (χ1n) is 11.5. The Morgan fingerprint density at radius 2 is 1.88 bits per heavy atom. The molecule has 1 unspecified atom stereocenters. The van der Waals surface area contributed by atoms with Crippen LogP contribution in [0.1, 0.15) is 18.4 Å². The van der Waals surface area contributed by atoms with Gasteiger partial charge in [-0.1, -0.05) is 36.4 Å². The van der Waals surface area contributed by atoms with Crippen LogP contribution in [-0.2, 0) is 16.3 Å². The molecule has 2 aromatic carbocycles. The van der Waals surface area contributed by atoms with E-state index in [1.165, 1.54) is 11.8 Å². The Balaban J connectivity index is 1.33. The molecule has 176 valence electrons. The van der Waals surface area contributed by atoms with Gasteiger partial charge in [0.05, 0.1) is 17.2 Å². The van der Waals surface area contributed by atoms with Gasteiger partial charge in [0.25, 0.3) is 0 Å². The summed E-state index contributed by atoms with van der Waals surface area (Å²) in [6, 6.07) is 15.3. The van der Waals surface area contributed by atoms with Crippen LogP contribution in [0.5, 0.6) is 0 Å². The van der Waals surface area contributed by atoms with E-state index in [-0.39, 0.29) is 11.0 Å². The quantitative estimate of drug-likeness (QED) is 0.459. The van der Waals surface area contributed by atoms with Crippen LogP contribution in [0, 0.1) is 0 Å². The summed E-state index contributed by atoms with van der Waals surface area (Å²) in [7, 11) is -3.29. The minimum atomic E-state index is -3.29. The molecule has 1 aliphatic rings. The highest BCUT2D eigenvalue weighted by Crippen LogP contribution is 2.27. The zero-order valence-electron chi connectivity index (χ0n) is 19.1. The fourth-order valence-corrected chi connectivity index (χ4v) is 5.17. The smallest absolute Gasteiger partial charge is 0.175 e. The third-order valence-corrected chi connectivity index (χ3v) is 7.52. The van der Waals surface area contributed by atoms with Crippen molar-refractivity contribution in [1.29, 1.82) is 0 Å². The molecule has 4 aromatic rings. The Bertz CT molecular complexity index is 1410. The summed E-state index contributed by atoms with van der Waals surface area (Å²) >= 11 is 0. The van der Waals surface area contributed by atoms with E-state index < -0.39 is 9.84 Å². The highest BCUT2D eigenvalue weighted by Gasteiger charge is 2.17. The maximum Gasteiger partial charge on any atom is 0.175 e. The second-order valence-corrected chi connectivity index (χ2v) is 11.0. The van der Waals surface area contributed by atoms with Gasteiger partial charge in [0.2, 0.25) is 0 Å². The average Bonchev–Trinajstić information content (AvgIpc) is 3.26. The lowest BCUT2D eigenvalue weighted by Gasteiger charge is -2.29.